The summed E-state index contributed by atoms with van der Waals surface area (Å²) in [6, 6.07) is 21.1. The van der Waals surface area contributed by atoms with Gasteiger partial charge in [-0.3, -0.25) is 0 Å². The van der Waals surface area contributed by atoms with E-state index in [1.54, 1.807) is 0 Å². The molecular formula is C17H21OP. The molecular weight excluding hydrogens is 251 g/mol. The smallest absolute Gasteiger partial charge is 0.0921 e. The first kappa shape index (κ1) is 14.2. The van der Waals surface area contributed by atoms with Crippen molar-refractivity contribution in [3.05, 3.63) is 60.7 Å². The number of hydrogen-bond donors (Lipinski definition) is 0. The minimum absolute atomic E-state index is 0.302. The van der Waals surface area contributed by atoms with Gasteiger partial charge < -0.3 is 4.52 Å². The Labute approximate surface area is 117 Å². The third-order valence-corrected chi connectivity index (χ3v) is 5.07. The molecule has 19 heavy (non-hydrogen) atoms. The largest absolute Gasteiger partial charge is 0.347 e. The highest BCUT2D eigenvalue weighted by Gasteiger charge is 2.17. The number of hydrogen-bond acceptors (Lipinski definition) is 1. The van der Waals surface area contributed by atoms with Crippen LogP contribution in [-0.4, -0.2) is 6.10 Å². The summed E-state index contributed by atoms with van der Waals surface area (Å²) in [5, 5.41) is 2.57. The monoisotopic (exact) mass is 272 g/mol. The molecule has 1 unspecified atom stereocenters. The maximum absolute atomic E-state index is 6.33. The van der Waals surface area contributed by atoms with Crippen molar-refractivity contribution < 1.29 is 4.52 Å². The second-order valence-corrected chi connectivity index (χ2v) is 6.50. The SMILES string of the molecule is CCCC(C)OP(c1ccccc1)c1ccccc1. The Morgan fingerprint density at radius 1 is 0.895 bits per heavy atom. The van der Waals surface area contributed by atoms with E-state index < -0.39 is 8.15 Å². The zero-order chi connectivity index (χ0) is 13.5. The van der Waals surface area contributed by atoms with Crippen molar-refractivity contribution >= 4 is 18.8 Å². The van der Waals surface area contributed by atoms with E-state index in [0.717, 1.165) is 12.8 Å². The Morgan fingerprint density at radius 2 is 1.37 bits per heavy atom. The third kappa shape index (κ3) is 4.16. The maximum atomic E-state index is 6.33. The van der Waals surface area contributed by atoms with Crippen LogP contribution in [0.15, 0.2) is 60.7 Å². The molecule has 0 heterocycles. The van der Waals surface area contributed by atoms with Crippen LogP contribution in [0.2, 0.25) is 0 Å². The van der Waals surface area contributed by atoms with E-state index >= 15 is 0 Å². The van der Waals surface area contributed by atoms with Crippen molar-refractivity contribution in [1.29, 1.82) is 0 Å². The van der Waals surface area contributed by atoms with Crippen molar-refractivity contribution in [1.82, 2.24) is 0 Å². The highest BCUT2D eigenvalue weighted by Crippen LogP contribution is 2.37. The van der Waals surface area contributed by atoms with Gasteiger partial charge in [-0.2, -0.15) is 0 Å². The van der Waals surface area contributed by atoms with E-state index in [9.17, 15) is 0 Å². The molecule has 1 nitrogen and oxygen atoms in total. The van der Waals surface area contributed by atoms with Crippen molar-refractivity contribution in [2.45, 2.75) is 32.8 Å². The molecule has 100 valence electrons. The quantitative estimate of drug-likeness (QED) is 0.715. The van der Waals surface area contributed by atoms with Crippen LogP contribution < -0.4 is 10.6 Å². The van der Waals surface area contributed by atoms with Gasteiger partial charge in [0.2, 0.25) is 0 Å². The number of rotatable bonds is 6. The van der Waals surface area contributed by atoms with Gasteiger partial charge in [0.1, 0.15) is 0 Å². The van der Waals surface area contributed by atoms with Crippen LogP contribution in [-0.2, 0) is 4.52 Å². The van der Waals surface area contributed by atoms with E-state index in [4.69, 9.17) is 4.52 Å². The van der Waals surface area contributed by atoms with Crippen molar-refractivity contribution in [3.63, 3.8) is 0 Å². The van der Waals surface area contributed by atoms with Crippen LogP contribution in [0.1, 0.15) is 26.7 Å². The fourth-order valence-corrected chi connectivity index (χ4v) is 3.93. The molecule has 0 saturated heterocycles. The molecule has 0 aromatic heterocycles. The highest BCUT2D eigenvalue weighted by atomic mass is 31.1. The summed E-state index contributed by atoms with van der Waals surface area (Å²) >= 11 is 0. The maximum Gasteiger partial charge on any atom is 0.0921 e. The normalized spacial score (nSPS) is 12.6. The van der Waals surface area contributed by atoms with Gasteiger partial charge in [-0.1, -0.05) is 74.0 Å². The summed E-state index contributed by atoms with van der Waals surface area (Å²) in [5.74, 6) is 0. The summed E-state index contributed by atoms with van der Waals surface area (Å²) in [5.41, 5.74) is 0. The lowest BCUT2D eigenvalue weighted by atomic mass is 10.2. The predicted octanol–water partition coefficient (Wildman–Crippen LogP) is 4.24. The third-order valence-electron chi connectivity index (χ3n) is 2.96. The van der Waals surface area contributed by atoms with E-state index in [1.165, 1.54) is 10.6 Å². The van der Waals surface area contributed by atoms with Crippen molar-refractivity contribution in [3.8, 4) is 0 Å². The molecule has 0 radical (unpaired) electrons. The van der Waals surface area contributed by atoms with Gasteiger partial charge in [0.25, 0.3) is 0 Å². The standard InChI is InChI=1S/C17H21OP/c1-3-10-15(2)18-19(16-11-6-4-7-12-16)17-13-8-5-9-14-17/h4-9,11-15H,3,10H2,1-2H3. The molecule has 2 heteroatoms. The zero-order valence-electron chi connectivity index (χ0n) is 11.6. The predicted molar refractivity (Wildman–Crippen MR) is 84.5 cm³/mol. The molecule has 0 spiro atoms. The van der Waals surface area contributed by atoms with E-state index in [0.29, 0.717) is 6.10 Å². The molecule has 0 aliphatic heterocycles. The second kappa shape index (κ2) is 7.43. The fourth-order valence-electron chi connectivity index (χ4n) is 2.04. The molecule has 0 amide bonds. The van der Waals surface area contributed by atoms with Crippen LogP contribution in [0.5, 0.6) is 0 Å². The molecule has 0 N–H and O–H groups in total. The lowest BCUT2D eigenvalue weighted by Gasteiger charge is -2.22. The van der Waals surface area contributed by atoms with Gasteiger partial charge in [0, 0.05) is 10.6 Å². The molecule has 1 atom stereocenters. The minimum atomic E-state index is -0.702. The average molecular weight is 272 g/mol. The molecule has 2 aromatic carbocycles. The Kier molecular flexibility index (Phi) is 5.57. The Bertz CT molecular complexity index is 430. The summed E-state index contributed by atoms with van der Waals surface area (Å²) in [6.07, 6.45) is 2.57. The molecule has 2 aromatic rings. The molecule has 0 saturated carbocycles. The first-order valence-electron chi connectivity index (χ1n) is 6.88. The molecule has 0 bridgehead atoms. The van der Waals surface area contributed by atoms with Gasteiger partial charge in [0.15, 0.2) is 0 Å². The summed E-state index contributed by atoms with van der Waals surface area (Å²) < 4.78 is 6.33. The van der Waals surface area contributed by atoms with Crippen LogP contribution in [0.4, 0.5) is 0 Å². The van der Waals surface area contributed by atoms with E-state index in [1.807, 2.05) is 0 Å². The van der Waals surface area contributed by atoms with Crippen LogP contribution in [0.3, 0.4) is 0 Å². The second-order valence-electron chi connectivity index (χ2n) is 4.67. The van der Waals surface area contributed by atoms with Gasteiger partial charge in [-0.15, -0.1) is 0 Å². The average Bonchev–Trinajstić information content (AvgIpc) is 2.47. The van der Waals surface area contributed by atoms with Gasteiger partial charge in [0.05, 0.1) is 14.3 Å². The van der Waals surface area contributed by atoms with Gasteiger partial charge in [-0.25, -0.2) is 0 Å². The molecule has 0 aliphatic rings. The van der Waals surface area contributed by atoms with Crippen molar-refractivity contribution in [2.75, 3.05) is 0 Å². The van der Waals surface area contributed by atoms with Crippen LogP contribution in [0.25, 0.3) is 0 Å². The molecule has 0 fully saturated rings. The summed E-state index contributed by atoms with van der Waals surface area (Å²) in [4.78, 5) is 0. The first-order valence-corrected chi connectivity index (χ1v) is 8.14. The van der Waals surface area contributed by atoms with Crippen LogP contribution >= 0.6 is 8.15 Å². The van der Waals surface area contributed by atoms with Crippen molar-refractivity contribution in [2.24, 2.45) is 0 Å². The lowest BCUT2D eigenvalue weighted by Crippen LogP contribution is -2.17. The lowest BCUT2D eigenvalue weighted by molar-refractivity contribution is 0.240. The van der Waals surface area contributed by atoms with E-state index in [-0.39, 0.29) is 0 Å². The van der Waals surface area contributed by atoms with Crippen LogP contribution in [0, 0.1) is 0 Å². The highest BCUT2D eigenvalue weighted by molar-refractivity contribution is 7.68. The van der Waals surface area contributed by atoms with E-state index in [2.05, 4.69) is 74.5 Å². The summed E-state index contributed by atoms with van der Waals surface area (Å²) in [7, 11) is -0.702. The number of benzene rings is 2. The summed E-state index contributed by atoms with van der Waals surface area (Å²) in [6.45, 7) is 4.37. The fraction of sp³-hybridized carbons (Fsp3) is 0.294. The zero-order valence-corrected chi connectivity index (χ0v) is 12.5. The van der Waals surface area contributed by atoms with Gasteiger partial charge in [-0.05, 0) is 13.3 Å². The Balaban J connectivity index is 2.24. The topological polar surface area (TPSA) is 9.23 Å². The van der Waals surface area contributed by atoms with Gasteiger partial charge >= 0.3 is 0 Å². The Morgan fingerprint density at radius 3 is 1.79 bits per heavy atom. The Hall–Kier alpha value is -1.17. The molecule has 0 aliphatic carbocycles. The molecule has 2 rings (SSSR count). The minimum Gasteiger partial charge on any atom is -0.347 e. The first-order chi connectivity index (χ1) is 9.31.